The van der Waals surface area contributed by atoms with Crippen LogP contribution in [0.3, 0.4) is 0 Å². The van der Waals surface area contributed by atoms with E-state index in [1.54, 1.807) is 42.4 Å². The van der Waals surface area contributed by atoms with Crippen molar-refractivity contribution in [3.05, 3.63) is 53.1 Å². The molecule has 0 N–H and O–H groups in total. The Morgan fingerprint density at radius 3 is 2.46 bits per heavy atom. The van der Waals surface area contributed by atoms with Gasteiger partial charge in [-0.15, -0.1) is 11.8 Å². The van der Waals surface area contributed by atoms with E-state index in [-0.39, 0.29) is 5.37 Å². The Kier molecular flexibility index (Phi) is 5.50. The molecule has 2 aromatic rings. The maximum Gasteiger partial charge on any atom is 0.244 e. The minimum atomic E-state index is -3.60. The Morgan fingerprint density at radius 1 is 1.04 bits per heavy atom. The molecule has 0 unspecified atom stereocenters. The number of aryl methyl sites for hydroxylation is 2. The summed E-state index contributed by atoms with van der Waals surface area (Å²) in [5.41, 5.74) is 2.85. The van der Waals surface area contributed by atoms with Gasteiger partial charge in [0.1, 0.15) is 11.5 Å². The van der Waals surface area contributed by atoms with Gasteiger partial charge in [-0.2, -0.15) is 4.31 Å². The third-order valence-electron chi connectivity index (χ3n) is 4.64. The van der Waals surface area contributed by atoms with Crippen LogP contribution in [0.15, 0.2) is 41.3 Å². The lowest BCUT2D eigenvalue weighted by molar-refractivity contribution is 0.382. The van der Waals surface area contributed by atoms with E-state index >= 15 is 0 Å². The summed E-state index contributed by atoms with van der Waals surface area (Å²) in [5.74, 6) is 2.07. The van der Waals surface area contributed by atoms with Crippen LogP contribution in [0.25, 0.3) is 0 Å². The highest BCUT2D eigenvalue weighted by Crippen LogP contribution is 2.45. The number of benzene rings is 2. The standard InChI is InChI=1S/C19H23NO4S2/c1-13-5-7-16(11-14(13)2)26(21,22)20-9-10-25-19(20)17-12-15(23-3)6-8-18(17)24-4/h5-8,11-12,19H,9-10H2,1-4H3/t19-/m0/s1. The average Bonchev–Trinajstić information content (AvgIpc) is 3.13. The minimum Gasteiger partial charge on any atom is -0.497 e. The quantitative estimate of drug-likeness (QED) is 0.774. The van der Waals surface area contributed by atoms with Crippen molar-refractivity contribution in [1.82, 2.24) is 4.31 Å². The molecule has 26 heavy (non-hydrogen) atoms. The van der Waals surface area contributed by atoms with E-state index in [0.717, 1.165) is 22.4 Å². The fourth-order valence-electron chi connectivity index (χ4n) is 2.99. The van der Waals surface area contributed by atoms with Crippen molar-refractivity contribution < 1.29 is 17.9 Å². The van der Waals surface area contributed by atoms with Crippen molar-refractivity contribution in [2.75, 3.05) is 26.5 Å². The van der Waals surface area contributed by atoms with Gasteiger partial charge < -0.3 is 9.47 Å². The number of sulfonamides is 1. The monoisotopic (exact) mass is 393 g/mol. The molecule has 0 saturated carbocycles. The van der Waals surface area contributed by atoms with Crippen molar-refractivity contribution >= 4 is 21.8 Å². The second-order valence-corrected chi connectivity index (χ2v) is 9.27. The van der Waals surface area contributed by atoms with Gasteiger partial charge in [-0.1, -0.05) is 6.07 Å². The molecule has 1 atom stereocenters. The Balaban J connectivity index is 2.04. The molecule has 3 rings (SSSR count). The van der Waals surface area contributed by atoms with Gasteiger partial charge >= 0.3 is 0 Å². The first-order valence-corrected chi connectivity index (χ1v) is 10.8. The number of thioether (sulfide) groups is 1. The molecule has 2 aromatic carbocycles. The van der Waals surface area contributed by atoms with Crippen LogP contribution in [0, 0.1) is 13.8 Å². The van der Waals surface area contributed by atoms with Gasteiger partial charge in [-0.25, -0.2) is 8.42 Å². The lowest BCUT2D eigenvalue weighted by Gasteiger charge is -2.25. The molecule has 0 bridgehead atoms. The third kappa shape index (κ3) is 3.43. The molecule has 0 spiro atoms. The number of ether oxygens (including phenoxy) is 2. The van der Waals surface area contributed by atoms with Crippen LogP contribution in [0.5, 0.6) is 11.5 Å². The number of hydrogen-bond acceptors (Lipinski definition) is 5. The highest BCUT2D eigenvalue weighted by atomic mass is 32.2. The summed E-state index contributed by atoms with van der Waals surface area (Å²) in [6, 6.07) is 10.8. The van der Waals surface area contributed by atoms with E-state index in [4.69, 9.17) is 9.47 Å². The molecule has 1 aliphatic heterocycles. The van der Waals surface area contributed by atoms with Crippen LogP contribution >= 0.6 is 11.8 Å². The van der Waals surface area contributed by atoms with E-state index in [1.807, 2.05) is 38.1 Å². The van der Waals surface area contributed by atoms with Crippen LogP contribution in [0.1, 0.15) is 22.1 Å². The molecule has 5 nitrogen and oxygen atoms in total. The normalized spacial score (nSPS) is 18.1. The first kappa shape index (κ1) is 19.1. The van der Waals surface area contributed by atoms with Gasteiger partial charge in [0.2, 0.25) is 10.0 Å². The largest absolute Gasteiger partial charge is 0.497 e. The van der Waals surface area contributed by atoms with Crippen molar-refractivity contribution in [2.24, 2.45) is 0 Å². The fraction of sp³-hybridized carbons (Fsp3) is 0.368. The van der Waals surface area contributed by atoms with Crippen molar-refractivity contribution in [1.29, 1.82) is 0 Å². The van der Waals surface area contributed by atoms with Gasteiger partial charge in [0.15, 0.2) is 0 Å². The first-order chi connectivity index (χ1) is 12.4. The van der Waals surface area contributed by atoms with E-state index < -0.39 is 10.0 Å². The van der Waals surface area contributed by atoms with E-state index in [2.05, 4.69) is 0 Å². The summed E-state index contributed by atoms with van der Waals surface area (Å²) < 4.78 is 38.9. The summed E-state index contributed by atoms with van der Waals surface area (Å²) in [6.45, 7) is 4.36. The van der Waals surface area contributed by atoms with E-state index in [9.17, 15) is 8.42 Å². The smallest absolute Gasteiger partial charge is 0.244 e. The Labute approximate surface area is 159 Å². The predicted molar refractivity (Wildman–Crippen MR) is 105 cm³/mol. The zero-order valence-corrected chi connectivity index (χ0v) is 17.0. The minimum absolute atomic E-state index is 0.329. The zero-order chi connectivity index (χ0) is 18.9. The van der Waals surface area contributed by atoms with Crippen molar-refractivity contribution in [3.8, 4) is 11.5 Å². The average molecular weight is 394 g/mol. The van der Waals surface area contributed by atoms with Gasteiger partial charge in [0.05, 0.1) is 24.5 Å². The molecule has 0 aliphatic carbocycles. The lowest BCUT2D eigenvalue weighted by atomic mass is 10.1. The fourth-order valence-corrected chi connectivity index (χ4v) is 6.32. The molecule has 1 fully saturated rings. The second kappa shape index (κ2) is 7.50. The molecule has 1 saturated heterocycles. The van der Waals surface area contributed by atoms with Crippen molar-refractivity contribution in [3.63, 3.8) is 0 Å². The molecule has 140 valence electrons. The number of nitrogens with zero attached hydrogens (tertiary/aromatic N) is 1. The molecule has 0 radical (unpaired) electrons. The zero-order valence-electron chi connectivity index (χ0n) is 15.4. The first-order valence-electron chi connectivity index (χ1n) is 8.31. The van der Waals surface area contributed by atoms with Gasteiger partial charge in [0.25, 0.3) is 0 Å². The van der Waals surface area contributed by atoms with Crippen LogP contribution in [-0.4, -0.2) is 39.2 Å². The molecule has 1 heterocycles. The summed E-state index contributed by atoms with van der Waals surface area (Å²) in [7, 11) is -0.419. The molecule has 7 heteroatoms. The predicted octanol–water partition coefficient (Wildman–Crippen LogP) is 3.76. The maximum absolute atomic E-state index is 13.3. The summed E-state index contributed by atoms with van der Waals surface area (Å²) in [6.07, 6.45) is 0. The maximum atomic E-state index is 13.3. The number of hydrogen-bond donors (Lipinski definition) is 0. The van der Waals surface area contributed by atoms with Gasteiger partial charge in [-0.3, -0.25) is 0 Å². The lowest BCUT2D eigenvalue weighted by Crippen LogP contribution is -2.30. The Hall–Kier alpha value is -1.70. The highest BCUT2D eigenvalue weighted by molar-refractivity contribution is 8.01. The third-order valence-corrected chi connectivity index (χ3v) is 7.87. The topological polar surface area (TPSA) is 55.8 Å². The molecule has 0 aromatic heterocycles. The summed E-state index contributed by atoms with van der Waals surface area (Å²) >= 11 is 1.59. The van der Waals surface area contributed by atoms with Gasteiger partial charge in [-0.05, 0) is 55.3 Å². The van der Waals surface area contributed by atoms with E-state index in [1.165, 1.54) is 0 Å². The van der Waals surface area contributed by atoms with Crippen LogP contribution < -0.4 is 9.47 Å². The molecule has 0 amide bonds. The summed E-state index contributed by atoms with van der Waals surface area (Å²) in [4.78, 5) is 0.329. The molecular formula is C19H23NO4S2. The van der Waals surface area contributed by atoms with Crippen LogP contribution in [-0.2, 0) is 10.0 Å². The number of methoxy groups -OCH3 is 2. The van der Waals surface area contributed by atoms with Crippen molar-refractivity contribution in [2.45, 2.75) is 24.1 Å². The highest BCUT2D eigenvalue weighted by Gasteiger charge is 2.38. The Bertz CT molecular complexity index is 912. The second-order valence-electron chi connectivity index (χ2n) is 6.19. The molecular weight excluding hydrogens is 370 g/mol. The Morgan fingerprint density at radius 2 is 1.81 bits per heavy atom. The SMILES string of the molecule is COc1ccc(OC)c([C@@H]2SCCN2S(=O)(=O)c2ccc(C)c(C)c2)c1. The van der Waals surface area contributed by atoms with Crippen LogP contribution in [0.2, 0.25) is 0 Å². The van der Waals surface area contributed by atoms with Gasteiger partial charge in [0, 0.05) is 17.9 Å². The van der Waals surface area contributed by atoms with E-state index in [0.29, 0.717) is 22.9 Å². The number of rotatable bonds is 5. The summed E-state index contributed by atoms with van der Waals surface area (Å²) in [5, 5.41) is -0.341. The molecule has 1 aliphatic rings. The van der Waals surface area contributed by atoms with Crippen LogP contribution in [0.4, 0.5) is 0 Å².